The van der Waals surface area contributed by atoms with Crippen molar-refractivity contribution in [2.24, 2.45) is 7.05 Å². The molecule has 6 heteroatoms. The normalized spacial score (nSPS) is 15.3. The molecule has 0 bridgehead atoms. The number of hydrogen-bond acceptors (Lipinski definition) is 4. The summed E-state index contributed by atoms with van der Waals surface area (Å²) in [5.74, 6) is 0. The first-order valence-electron chi connectivity index (χ1n) is 8.48. The van der Waals surface area contributed by atoms with E-state index in [1.807, 2.05) is 31.3 Å². The molecule has 3 aromatic rings. The van der Waals surface area contributed by atoms with E-state index in [-0.39, 0.29) is 10.8 Å². The Kier molecular flexibility index (Phi) is 4.65. The van der Waals surface area contributed by atoms with Crippen molar-refractivity contribution in [3.63, 3.8) is 0 Å². The number of rotatable bonds is 3. The highest BCUT2D eigenvalue weighted by Crippen LogP contribution is 2.39. The number of thioether (sulfide) groups is 1. The van der Waals surface area contributed by atoms with Crippen LogP contribution in [0.15, 0.2) is 34.2 Å². The van der Waals surface area contributed by atoms with E-state index in [0.717, 1.165) is 38.8 Å². The summed E-state index contributed by atoms with van der Waals surface area (Å²) in [6.45, 7) is 2.10. The number of halogens is 1. The van der Waals surface area contributed by atoms with Crippen LogP contribution in [0.4, 0.5) is 0 Å². The van der Waals surface area contributed by atoms with E-state index in [1.165, 1.54) is 23.3 Å². The quantitative estimate of drug-likeness (QED) is 0.444. The molecule has 2 aromatic heterocycles. The number of thiophene rings is 1. The van der Waals surface area contributed by atoms with Crippen LogP contribution >= 0.6 is 34.7 Å². The molecule has 4 rings (SSSR count). The van der Waals surface area contributed by atoms with Crippen LogP contribution in [0.2, 0.25) is 5.02 Å². The molecule has 0 saturated heterocycles. The minimum Gasteiger partial charge on any atom is -0.290 e. The van der Waals surface area contributed by atoms with E-state index in [2.05, 4.69) is 6.92 Å². The third-order valence-corrected chi connectivity index (χ3v) is 7.49. The average molecular weight is 391 g/mol. The Morgan fingerprint density at radius 3 is 2.84 bits per heavy atom. The average Bonchev–Trinajstić information content (AvgIpc) is 2.98. The standard InChI is InChI=1S/C19H19ClN2OS2/c1-11(12-7-3-5-9-14(12)20)24-19-21-17-16(18(23)22(19)2)13-8-4-6-10-15(13)25-17/h3,5,7,9,11H,4,6,8,10H2,1-2H3/t11-/m0/s1. The number of benzene rings is 1. The summed E-state index contributed by atoms with van der Waals surface area (Å²) in [5.41, 5.74) is 2.39. The van der Waals surface area contributed by atoms with Crippen molar-refractivity contribution in [1.82, 2.24) is 9.55 Å². The van der Waals surface area contributed by atoms with Crippen molar-refractivity contribution in [2.45, 2.75) is 43.0 Å². The second-order valence-electron chi connectivity index (χ2n) is 6.43. The molecule has 0 saturated carbocycles. The van der Waals surface area contributed by atoms with Gasteiger partial charge in [-0.05, 0) is 49.8 Å². The van der Waals surface area contributed by atoms with Gasteiger partial charge in [0.2, 0.25) is 0 Å². The first-order valence-corrected chi connectivity index (χ1v) is 10.6. The number of nitrogens with zero attached hydrogens (tertiary/aromatic N) is 2. The predicted octanol–water partition coefficient (Wildman–Crippen LogP) is 5.38. The van der Waals surface area contributed by atoms with E-state index in [9.17, 15) is 4.79 Å². The molecule has 0 N–H and O–H groups in total. The van der Waals surface area contributed by atoms with Crippen LogP contribution in [0, 0.1) is 0 Å². The van der Waals surface area contributed by atoms with Crippen molar-refractivity contribution >= 4 is 44.9 Å². The Morgan fingerprint density at radius 1 is 1.28 bits per heavy atom. The smallest absolute Gasteiger partial charge is 0.262 e. The van der Waals surface area contributed by atoms with Crippen LogP contribution in [0.3, 0.4) is 0 Å². The van der Waals surface area contributed by atoms with Gasteiger partial charge < -0.3 is 0 Å². The number of aromatic nitrogens is 2. The van der Waals surface area contributed by atoms with Gasteiger partial charge in [-0.25, -0.2) is 4.98 Å². The SMILES string of the molecule is C[C@H](Sc1nc2sc3c(c2c(=O)n1C)CCCC3)c1ccccc1Cl. The lowest BCUT2D eigenvalue weighted by atomic mass is 9.97. The molecule has 130 valence electrons. The maximum atomic E-state index is 13.0. The molecular formula is C19H19ClN2OS2. The summed E-state index contributed by atoms with van der Waals surface area (Å²) in [4.78, 5) is 20.0. The predicted molar refractivity (Wildman–Crippen MR) is 107 cm³/mol. The first-order chi connectivity index (χ1) is 12.1. The zero-order valence-electron chi connectivity index (χ0n) is 14.2. The summed E-state index contributed by atoms with van der Waals surface area (Å²) in [7, 11) is 1.82. The number of aryl methyl sites for hydroxylation is 2. The van der Waals surface area contributed by atoms with Crippen molar-refractivity contribution in [1.29, 1.82) is 0 Å². The van der Waals surface area contributed by atoms with Gasteiger partial charge in [0.25, 0.3) is 5.56 Å². The summed E-state index contributed by atoms with van der Waals surface area (Å²) in [5, 5.41) is 2.47. The summed E-state index contributed by atoms with van der Waals surface area (Å²) < 4.78 is 1.70. The Morgan fingerprint density at radius 2 is 2.04 bits per heavy atom. The minimum absolute atomic E-state index is 0.0817. The molecule has 1 atom stereocenters. The van der Waals surface area contributed by atoms with Crippen LogP contribution in [0.1, 0.15) is 41.0 Å². The molecule has 0 amide bonds. The lowest BCUT2D eigenvalue weighted by Crippen LogP contribution is -2.20. The Hall–Kier alpha value is -1.30. The highest BCUT2D eigenvalue weighted by molar-refractivity contribution is 7.99. The van der Waals surface area contributed by atoms with Crippen molar-refractivity contribution in [3.8, 4) is 0 Å². The Balaban J connectivity index is 1.77. The fraction of sp³-hybridized carbons (Fsp3) is 0.368. The fourth-order valence-electron chi connectivity index (χ4n) is 3.40. The topological polar surface area (TPSA) is 34.9 Å². The first kappa shape index (κ1) is 17.1. The van der Waals surface area contributed by atoms with Gasteiger partial charge in [0.05, 0.1) is 5.39 Å². The van der Waals surface area contributed by atoms with Crippen LogP contribution in [-0.4, -0.2) is 9.55 Å². The molecule has 1 aromatic carbocycles. The molecule has 1 aliphatic carbocycles. The summed E-state index contributed by atoms with van der Waals surface area (Å²) in [6.07, 6.45) is 4.47. The van der Waals surface area contributed by atoms with Crippen molar-refractivity contribution in [2.75, 3.05) is 0 Å². The van der Waals surface area contributed by atoms with Crippen LogP contribution < -0.4 is 5.56 Å². The van der Waals surface area contributed by atoms with Gasteiger partial charge in [-0.2, -0.15) is 0 Å². The highest BCUT2D eigenvalue weighted by Gasteiger charge is 2.22. The largest absolute Gasteiger partial charge is 0.290 e. The minimum atomic E-state index is 0.0817. The lowest BCUT2D eigenvalue weighted by molar-refractivity contribution is 0.695. The third kappa shape index (κ3) is 3.03. The van der Waals surface area contributed by atoms with Gasteiger partial charge in [0.1, 0.15) is 4.83 Å². The molecule has 2 heterocycles. The van der Waals surface area contributed by atoms with Gasteiger partial charge in [0, 0.05) is 22.2 Å². The summed E-state index contributed by atoms with van der Waals surface area (Å²) in [6, 6.07) is 7.85. The second kappa shape index (κ2) is 6.78. The van der Waals surface area contributed by atoms with Gasteiger partial charge in [-0.1, -0.05) is 41.6 Å². The molecule has 25 heavy (non-hydrogen) atoms. The van der Waals surface area contributed by atoms with Crippen LogP contribution in [0.25, 0.3) is 10.2 Å². The number of hydrogen-bond donors (Lipinski definition) is 0. The van der Waals surface area contributed by atoms with Gasteiger partial charge in [-0.3, -0.25) is 9.36 Å². The highest BCUT2D eigenvalue weighted by atomic mass is 35.5. The second-order valence-corrected chi connectivity index (χ2v) is 9.23. The molecule has 0 unspecified atom stereocenters. The Bertz CT molecular complexity index is 1010. The van der Waals surface area contributed by atoms with E-state index >= 15 is 0 Å². The van der Waals surface area contributed by atoms with Gasteiger partial charge in [0.15, 0.2) is 5.16 Å². The van der Waals surface area contributed by atoms with E-state index in [0.29, 0.717) is 0 Å². The molecule has 0 aliphatic heterocycles. The van der Waals surface area contributed by atoms with E-state index < -0.39 is 0 Å². The third-order valence-electron chi connectivity index (χ3n) is 4.78. The number of fused-ring (bicyclic) bond motifs is 3. The molecule has 0 radical (unpaired) electrons. The molecule has 3 nitrogen and oxygen atoms in total. The summed E-state index contributed by atoms with van der Waals surface area (Å²) >= 11 is 9.61. The van der Waals surface area contributed by atoms with Crippen LogP contribution in [-0.2, 0) is 19.9 Å². The lowest BCUT2D eigenvalue weighted by Gasteiger charge is -2.15. The monoisotopic (exact) mass is 390 g/mol. The van der Waals surface area contributed by atoms with Crippen molar-refractivity contribution in [3.05, 3.63) is 55.6 Å². The zero-order chi connectivity index (χ0) is 17.6. The zero-order valence-corrected chi connectivity index (χ0v) is 16.6. The Labute approximate surface area is 160 Å². The molecule has 0 spiro atoms. The van der Waals surface area contributed by atoms with Gasteiger partial charge >= 0.3 is 0 Å². The van der Waals surface area contributed by atoms with E-state index in [1.54, 1.807) is 27.7 Å². The fourth-order valence-corrected chi connectivity index (χ4v) is 6.11. The maximum absolute atomic E-state index is 13.0. The maximum Gasteiger partial charge on any atom is 0.262 e. The van der Waals surface area contributed by atoms with E-state index in [4.69, 9.17) is 16.6 Å². The molecule has 0 fully saturated rings. The van der Waals surface area contributed by atoms with Crippen LogP contribution in [0.5, 0.6) is 0 Å². The van der Waals surface area contributed by atoms with Gasteiger partial charge in [-0.15, -0.1) is 11.3 Å². The molecule has 1 aliphatic rings. The van der Waals surface area contributed by atoms with Crippen molar-refractivity contribution < 1.29 is 0 Å². The molecular weight excluding hydrogens is 372 g/mol.